The lowest BCUT2D eigenvalue weighted by atomic mass is 9.99. The van der Waals surface area contributed by atoms with Gasteiger partial charge in [0, 0.05) is 5.56 Å². The van der Waals surface area contributed by atoms with Gasteiger partial charge in [-0.2, -0.15) is 0 Å². The Morgan fingerprint density at radius 2 is 1.32 bits per heavy atom. The van der Waals surface area contributed by atoms with Crippen molar-refractivity contribution in [2.24, 2.45) is 0 Å². The summed E-state index contributed by atoms with van der Waals surface area (Å²) in [6, 6.07) is 16.7. The van der Waals surface area contributed by atoms with Gasteiger partial charge in [-0.1, -0.05) is 36.4 Å². The zero-order valence-electron chi connectivity index (χ0n) is 19.9. The number of hydrogen-bond acceptors (Lipinski definition) is 7. The molecule has 2 heterocycles. The van der Waals surface area contributed by atoms with Crippen molar-refractivity contribution in [2.75, 3.05) is 13.2 Å². The zero-order valence-corrected chi connectivity index (χ0v) is 19.9. The smallest absolute Gasteiger partial charge is 0.338 e. The van der Waals surface area contributed by atoms with Crippen molar-refractivity contribution in [3.05, 3.63) is 71.8 Å². The molecule has 34 heavy (non-hydrogen) atoms. The van der Waals surface area contributed by atoms with E-state index in [0.717, 1.165) is 0 Å². The monoisotopic (exact) mass is 469 g/mol. The maximum absolute atomic E-state index is 13.2. The molecule has 0 aromatic heterocycles. The van der Waals surface area contributed by atoms with Crippen LogP contribution in [0.1, 0.15) is 48.4 Å². The lowest BCUT2D eigenvalue weighted by Crippen LogP contribution is -2.58. The molecule has 1 N–H and O–H groups in total. The van der Waals surface area contributed by atoms with Crippen LogP contribution in [0, 0.1) is 0 Å². The first kappa shape index (κ1) is 24.3. The molecular weight excluding hydrogens is 438 g/mol. The molecule has 2 fully saturated rings. The summed E-state index contributed by atoms with van der Waals surface area (Å²) >= 11 is 0. The minimum absolute atomic E-state index is 0.189. The second kappa shape index (κ2) is 9.84. The number of esters is 1. The molecule has 2 aliphatic heterocycles. The summed E-state index contributed by atoms with van der Waals surface area (Å²) in [4.78, 5) is 26.2. The predicted octanol–water partition coefficient (Wildman–Crippen LogP) is 3.31. The molecule has 0 aliphatic carbocycles. The first-order valence-electron chi connectivity index (χ1n) is 11.4. The van der Waals surface area contributed by atoms with E-state index >= 15 is 0 Å². The number of carbonyl (C=O) groups is 2. The van der Waals surface area contributed by atoms with Crippen LogP contribution >= 0.6 is 0 Å². The molecular formula is C26H31NO7. The number of carbonyl (C=O) groups excluding carboxylic acids is 2. The van der Waals surface area contributed by atoms with Crippen LogP contribution in [0.25, 0.3) is 0 Å². The summed E-state index contributed by atoms with van der Waals surface area (Å²) in [5.74, 6) is -2.56. The van der Waals surface area contributed by atoms with Gasteiger partial charge >= 0.3 is 5.97 Å². The Balaban J connectivity index is 1.66. The van der Waals surface area contributed by atoms with Crippen LogP contribution < -0.4 is 5.32 Å². The molecule has 2 aromatic carbocycles. The Labute approximate surface area is 199 Å². The average molecular weight is 470 g/mol. The van der Waals surface area contributed by atoms with Gasteiger partial charge in [0.1, 0.15) is 12.2 Å². The Morgan fingerprint density at radius 1 is 0.824 bits per heavy atom. The highest BCUT2D eigenvalue weighted by atomic mass is 16.8. The second-order valence-electron chi connectivity index (χ2n) is 9.34. The molecule has 4 atom stereocenters. The quantitative estimate of drug-likeness (QED) is 0.622. The van der Waals surface area contributed by atoms with Crippen molar-refractivity contribution < 1.29 is 33.3 Å². The van der Waals surface area contributed by atoms with Crippen LogP contribution in [-0.2, 0) is 23.7 Å². The largest absolute Gasteiger partial charge is 0.454 e. The standard InChI is InChI=1S/C26H31NO7/c1-25(2)30-15-19(33-25)21(27-23(28)17-11-7-5-8-12-17)22(20-16-31-26(3,4)34-20)32-24(29)18-13-9-6-10-14-18/h5-14,19-22H,15-16H2,1-4H3,(H,27,28). The van der Waals surface area contributed by atoms with Crippen LogP contribution in [-0.4, -0.2) is 61.0 Å². The number of nitrogens with one attached hydrogen (secondary N) is 1. The molecule has 2 saturated heterocycles. The summed E-state index contributed by atoms with van der Waals surface area (Å²) in [6.45, 7) is 7.58. The van der Waals surface area contributed by atoms with Crippen molar-refractivity contribution in [3.63, 3.8) is 0 Å². The van der Waals surface area contributed by atoms with Gasteiger partial charge in [-0.05, 0) is 52.0 Å². The van der Waals surface area contributed by atoms with Crippen molar-refractivity contribution >= 4 is 11.9 Å². The number of benzene rings is 2. The van der Waals surface area contributed by atoms with E-state index in [4.69, 9.17) is 23.7 Å². The summed E-state index contributed by atoms with van der Waals surface area (Å²) < 4.78 is 29.7. The lowest BCUT2D eigenvalue weighted by Gasteiger charge is -2.34. The van der Waals surface area contributed by atoms with E-state index in [1.807, 2.05) is 12.1 Å². The van der Waals surface area contributed by atoms with E-state index in [-0.39, 0.29) is 19.1 Å². The first-order chi connectivity index (χ1) is 16.1. The number of amides is 1. The molecule has 2 aromatic rings. The van der Waals surface area contributed by atoms with Gasteiger partial charge in [0.05, 0.1) is 24.8 Å². The zero-order chi connectivity index (χ0) is 24.3. The van der Waals surface area contributed by atoms with Crippen LogP contribution in [0.2, 0.25) is 0 Å². The lowest BCUT2D eigenvalue weighted by molar-refractivity contribution is -0.165. The molecule has 0 radical (unpaired) electrons. The fourth-order valence-corrected chi connectivity index (χ4v) is 4.13. The first-order valence-corrected chi connectivity index (χ1v) is 11.4. The molecule has 182 valence electrons. The van der Waals surface area contributed by atoms with Crippen LogP contribution in [0.4, 0.5) is 0 Å². The number of rotatable bonds is 7. The molecule has 0 saturated carbocycles. The molecule has 4 unspecified atom stereocenters. The average Bonchev–Trinajstić information content (AvgIpc) is 3.37. The molecule has 2 aliphatic rings. The predicted molar refractivity (Wildman–Crippen MR) is 123 cm³/mol. The van der Waals surface area contributed by atoms with Gasteiger partial charge in [0.25, 0.3) is 5.91 Å². The van der Waals surface area contributed by atoms with Crippen LogP contribution in [0.15, 0.2) is 60.7 Å². The highest BCUT2D eigenvalue weighted by Gasteiger charge is 2.49. The highest BCUT2D eigenvalue weighted by molar-refractivity contribution is 5.94. The van der Waals surface area contributed by atoms with Gasteiger partial charge in [-0.25, -0.2) is 4.79 Å². The van der Waals surface area contributed by atoms with E-state index < -0.39 is 41.9 Å². The summed E-state index contributed by atoms with van der Waals surface area (Å²) in [5.41, 5.74) is 0.866. The van der Waals surface area contributed by atoms with Crippen LogP contribution in [0.3, 0.4) is 0 Å². The van der Waals surface area contributed by atoms with E-state index in [1.54, 1.807) is 76.2 Å². The topological polar surface area (TPSA) is 92.3 Å². The van der Waals surface area contributed by atoms with E-state index in [9.17, 15) is 9.59 Å². The fraction of sp³-hybridized carbons (Fsp3) is 0.462. The molecule has 4 rings (SSSR count). The van der Waals surface area contributed by atoms with Gasteiger partial charge in [-0.15, -0.1) is 0 Å². The Hall–Kier alpha value is -2.78. The molecule has 0 bridgehead atoms. The van der Waals surface area contributed by atoms with Gasteiger partial charge in [-0.3, -0.25) is 4.79 Å². The molecule has 8 nitrogen and oxygen atoms in total. The Bertz CT molecular complexity index is 911. The van der Waals surface area contributed by atoms with E-state index in [1.165, 1.54) is 0 Å². The SMILES string of the molecule is CC1(C)OCC(C(NC(=O)c2ccccc2)C(OC(=O)c2ccccc2)C2COC(C)(C)O2)O1. The van der Waals surface area contributed by atoms with E-state index in [2.05, 4.69) is 5.32 Å². The normalized spacial score (nSPS) is 24.8. The van der Waals surface area contributed by atoms with Crippen molar-refractivity contribution in [3.8, 4) is 0 Å². The maximum Gasteiger partial charge on any atom is 0.338 e. The third-order valence-corrected chi connectivity index (χ3v) is 5.77. The fourth-order valence-electron chi connectivity index (χ4n) is 4.13. The van der Waals surface area contributed by atoms with Crippen molar-refractivity contribution in [1.82, 2.24) is 5.32 Å². The van der Waals surface area contributed by atoms with Crippen LogP contribution in [0.5, 0.6) is 0 Å². The highest BCUT2D eigenvalue weighted by Crippen LogP contribution is 2.32. The van der Waals surface area contributed by atoms with E-state index in [0.29, 0.717) is 11.1 Å². The van der Waals surface area contributed by atoms with Crippen molar-refractivity contribution in [1.29, 1.82) is 0 Å². The third kappa shape index (κ3) is 5.82. The summed E-state index contributed by atoms with van der Waals surface area (Å²) in [6.07, 6.45) is -2.11. The molecule has 0 spiro atoms. The number of hydrogen-bond donors (Lipinski definition) is 1. The minimum Gasteiger partial charge on any atom is -0.454 e. The number of ether oxygens (including phenoxy) is 5. The second-order valence-corrected chi connectivity index (χ2v) is 9.34. The van der Waals surface area contributed by atoms with Crippen molar-refractivity contribution in [2.45, 2.75) is 63.6 Å². The summed E-state index contributed by atoms with van der Waals surface area (Å²) in [7, 11) is 0. The minimum atomic E-state index is -0.898. The molecule has 8 heteroatoms. The van der Waals surface area contributed by atoms with Gasteiger partial charge < -0.3 is 29.0 Å². The Morgan fingerprint density at radius 3 is 1.82 bits per heavy atom. The summed E-state index contributed by atoms with van der Waals surface area (Å²) in [5, 5.41) is 3.02. The van der Waals surface area contributed by atoms with Gasteiger partial charge in [0.2, 0.25) is 0 Å². The van der Waals surface area contributed by atoms with Gasteiger partial charge in [0.15, 0.2) is 17.7 Å². The maximum atomic E-state index is 13.2. The Kier molecular flexibility index (Phi) is 7.04. The third-order valence-electron chi connectivity index (χ3n) is 5.77. The molecule has 1 amide bonds.